The standard InChI is InChI=1S/C21H23N6O6P/c1-14(20(28)29)26-34(30,33-15-5-3-2-4-6-15)31-12-21(11-22)10-9-18(32-21)16-7-8-17-19(23)24-13-25-27(16)17/h2-8,13-14,18H,9-10,12H2,1H3,(H,26,30)(H,28,29)(H2,23,24,25)/t14-,18+,21+,34?/m0/s1. The topological polar surface area (TPSA) is 174 Å². The second-order valence-electron chi connectivity index (χ2n) is 7.82. The lowest BCUT2D eigenvalue weighted by Gasteiger charge is -2.26. The number of nitrogens with zero attached hydrogens (tertiary/aromatic N) is 4. The zero-order valence-electron chi connectivity index (χ0n) is 18.2. The molecule has 4 atom stereocenters. The van der Waals surface area contributed by atoms with Crippen molar-refractivity contribution in [3.63, 3.8) is 0 Å². The van der Waals surface area contributed by atoms with E-state index in [1.54, 1.807) is 47.0 Å². The fourth-order valence-electron chi connectivity index (χ4n) is 3.59. The first kappa shape index (κ1) is 23.7. The number of para-hydroxylation sites is 1. The maximum Gasteiger partial charge on any atom is 0.459 e. The average molecular weight is 486 g/mol. The molecule has 1 aliphatic heterocycles. The molecule has 1 aliphatic rings. The van der Waals surface area contributed by atoms with Crippen molar-refractivity contribution in [1.29, 1.82) is 5.26 Å². The minimum atomic E-state index is -4.19. The van der Waals surface area contributed by atoms with Crippen LogP contribution in [-0.4, -0.2) is 43.9 Å². The fourth-order valence-corrected chi connectivity index (χ4v) is 5.13. The Kier molecular flexibility index (Phi) is 6.54. The summed E-state index contributed by atoms with van der Waals surface area (Å²) in [4.78, 5) is 15.3. The normalized spacial score (nSPS) is 22.6. The first-order valence-electron chi connectivity index (χ1n) is 10.4. The molecule has 0 amide bonds. The van der Waals surface area contributed by atoms with Gasteiger partial charge in [0.1, 0.15) is 42.4 Å². The predicted molar refractivity (Wildman–Crippen MR) is 120 cm³/mol. The van der Waals surface area contributed by atoms with Gasteiger partial charge in [0.25, 0.3) is 0 Å². The number of benzene rings is 1. The number of fused-ring (bicyclic) bond motifs is 1. The van der Waals surface area contributed by atoms with E-state index < -0.39 is 38.1 Å². The molecule has 4 N–H and O–H groups in total. The Labute approximate surface area is 194 Å². The van der Waals surface area contributed by atoms with Gasteiger partial charge in [0.05, 0.1) is 5.69 Å². The van der Waals surface area contributed by atoms with Crippen LogP contribution in [0.25, 0.3) is 5.52 Å². The van der Waals surface area contributed by atoms with Gasteiger partial charge in [-0.15, -0.1) is 0 Å². The van der Waals surface area contributed by atoms with Gasteiger partial charge in [0.15, 0.2) is 11.4 Å². The Bertz CT molecular complexity index is 1280. The van der Waals surface area contributed by atoms with Gasteiger partial charge in [0.2, 0.25) is 0 Å². The number of ether oxygens (including phenoxy) is 1. The smallest absolute Gasteiger partial charge is 0.459 e. The van der Waals surface area contributed by atoms with Gasteiger partial charge < -0.3 is 20.1 Å². The molecule has 1 saturated heterocycles. The molecule has 0 saturated carbocycles. The van der Waals surface area contributed by atoms with Crippen LogP contribution in [0.15, 0.2) is 48.8 Å². The molecule has 0 radical (unpaired) electrons. The first-order valence-corrected chi connectivity index (χ1v) is 12.0. The van der Waals surface area contributed by atoms with Crippen molar-refractivity contribution in [1.82, 2.24) is 19.7 Å². The Hall–Kier alpha value is -3.49. The number of anilines is 1. The van der Waals surface area contributed by atoms with Crippen LogP contribution in [-0.2, 0) is 18.6 Å². The second-order valence-corrected chi connectivity index (χ2v) is 9.51. The molecule has 3 aromatic rings. The van der Waals surface area contributed by atoms with Gasteiger partial charge in [-0.1, -0.05) is 18.2 Å². The third-order valence-electron chi connectivity index (χ3n) is 5.38. The van der Waals surface area contributed by atoms with Crippen LogP contribution in [0, 0.1) is 11.3 Å². The van der Waals surface area contributed by atoms with E-state index in [-0.39, 0.29) is 12.2 Å². The highest BCUT2D eigenvalue weighted by Gasteiger charge is 2.45. The largest absolute Gasteiger partial charge is 0.480 e. The maximum absolute atomic E-state index is 13.4. The molecule has 3 heterocycles. The Morgan fingerprint density at radius 3 is 2.91 bits per heavy atom. The van der Waals surface area contributed by atoms with Crippen molar-refractivity contribution in [2.24, 2.45) is 0 Å². The van der Waals surface area contributed by atoms with E-state index in [1.165, 1.54) is 13.3 Å². The monoisotopic (exact) mass is 486 g/mol. The number of nitrogens with one attached hydrogen (secondary N) is 1. The van der Waals surface area contributed by atoms with Crippen molar-refractivity contribution >= 4 is 25.1 Å². The van der Waals surface area contributed by atoms with Crippen LogP contribution < -0.4 is 15.3 Å². The minimum absolute atomic E-state index is 0.212. The van der Waals surface area contributed by atoms with Gasteiger partial charge in [-0.05, 0) is 44.0 Å². The highest BCUT2D eigenvalue weighted by molar-refractivity contribution is 7.52. The molecular formula is C21H23N6O6P. The SMILES string of the molecule is C[C@H](NP(=O)(OC[C@]1(C#N)CC[C@H](c2ccc3c(N)ncnn23)O1)Oc1ccccc1)C(=O)O. The molecule has 4 rings (SSSR count). The number of aliphatic carboxylic acids is 1. The Morgan fingerprint density at radius 2 is 2.21 bits per heavy atom. The van der Waals surface area contributed by atoms with Gasteiger partial charge in [-0.2, -0.15) is 15.4 Å². The summed E-state index contributed by atoms with van der Waals surface area (Å²) in [5.74, 6) is -0.718. The van der Waals surface area contributed by atoms with E-state index >= 15 is 0 Å². The number of carboxylic acid groups (broad SMARTS) is 1. The first-order chi connectivity index (χ1) is 16.2. The number of carbonyl (C=O) groups is 1. The van der Waals surface area contributed by atoms with Gasteiger partial charge in [-0.3, -0.25) is 9.32 Å². The van der Waals surface area contributed by atoms with Crippen LogP contribution in [0.2, 0.25) is 0 Å². The summed E-state index contributed by atoms with van der Waals surface area (Å²) in [5.41, 5.74) is 5.75. The third kappa shape index (κ3) is 4.88. The number of aromatic nitrogens is 3. The molecule has 12 nitrogen and oxygen atoms in total. The Balaban J connectivity index is 1.52. The number of nitrogens with two attached hydrogens (primary N) is 1. The molecule has 1 unspecified atom stereocenters. The molecule has 13 heteroatoms. The summed E-state index contributed by atoms with van der Waals surface area (Å²) >= 11 is 0. The van der Waals surface area contributed by atoms with Gasteiger partial charge in [0, 0.05) is 0 Å². The van der Waals surface area contributed by atoms with E-state index in [0.717, 1.165) is 0 Å². The lowest BCUT2D eigenvalue weighted by atomic mass is 10.0. The summed E-state index contributed by atoms with van der Waals surface area (Å²) in [6.07, 6.45) is 1.58. The molecule has 0 spiro atoms. The molecule has 1 aromatic carbocycles. The van der Waals surface area contributed by atoms with Crippen LogP contribution >= 0.6 is 7.75 Å². The fraction of sp³-hybridized carbons (Fsp3) is 0.333. The summed E-state index contributed by atoms with van der Waals surface area (Å²) in [7, 11) is -4.19. The van der Waals surface area contributed by atoms with E-state index in [4.69, 9.17) is 19.5 Å². The molecule has 1 fully saturated rings. The van der Waals surface area contributed by atoms with Crippen LogP contribution in [0.5, 0.6) is 5.75 Å². The van der Waals surface area contributed by atoms with Crippen LogP contribution in [0.4, 0.5) is 5.82 Å². The minimum Gasteiger partial charge on any atom is -0.480 e. The predicted octanol–water partition coefficient (Wildman–Crippen LogP) is 2.69. The van der Waals surface area contributed by atoms with E-state index in [9.17, 15) is 19.7 Å². The Morgan fingerprint density at radius 1 is 1.44 bits per heavy atom. The van der Waals surface area contributed by atoms with Crippen LogP contribution in [0.1, 0.15) is 31.6 Å². The lowest BCUT2D eigenvalue weighted by Crippen LogP contribution is -2.37. The molecule has 34 heavy (non-hydrogen) atoms. The summed E-state index contributed by atoms with van der Waals surface area (Å²) < 4.78 is 32.1. The number of nitriles is 1. The molecule has 178 valence electrons. The molecule has 2 aromatic heterocycles. The molecular weight excluding hydrogens is 463 g/mol. The zero-order chi connectivity index (χ0) is 24.3. The molecule has 0 bridgehead atoms. The third-order valence-corrected chi connectivity index (χ3v) is 7.01. The summed E-state index contributed by atoms with van der Waals surface area (Å²) in [5, 5.41) is 25.7. The summed E-state index contributed by atoms with van der Waals surface area (Å²) in [6, 6.07) is 12.6. The highest BCUT2D eigenvalue weighted by atomic mass is 31.2. The quantitative estimate of drug-likeness (QED) is 0.379. The zero-order valence-corrected chi connectivity index (χ0v) is 19.1. The van der Waals surface area contributed by atoms with Crippen molar-refractivity contribution in [3.05, 3.63) is 54.5 Å². The van der Waals surface area contributed by atoms with E-state index in [0.29, 0.717) is 23.4 Å². The highest BCUT2D eigenvalue weighted by Crippen LogP contribution is 2.48. The summed E-state index contributed by atoms with van der Waals surface area (Å²) in [6.45, 7) is 0.893. The average Bonchev–Trinajstić information content (AvgIpc) is 3.44. The molecule has 0 aliphatic carbocycles. The number of carboxylic acids is 1. The van der Waals surface area contributed by atoms with Gasteiger partial charge in [-0.25, -0.2) is 14.1 Å². The van der Waals surface area contributed by atoms with E-state index in [1.807, 2.05) is 0 Å². The van der Waals surface area contributed by atoms with Crippen molar-refractivity contribution in [2.75, 3.05) is 12.3 Å². The van der Waals surface area contributed by atoms with Crippen LogP contribution in [0.3, 0.4) is 0 Å². The number of hydrogen-bond donors (Lipinski definition) is 3. The van der Waals surface area contributed by atoms with E-state index in [2.05, 4.69) is 21.2 Å². The maximum atomic E-state index is 13.4. The lowest BCUT2D eigenvalue weighted by molar-refractivity contribution is -0.138. The second kappa shape index (κ2) is 9.40. The van der Waals surface area contributed by atoms with Crippen molar-refractivity contribution in [3.8, 4) is 11.8 Å². The van der Waals surface area contributed by atoms with Gasteiger partial charge >= 0.3 is 13.7 Å². The van der Waals surface area contributed by atoms with Crippen molar-refractivity contribution in [2.45, 2.75) is 37.5 Å². The number of rotatable bonds is 9. The number of hydrogen-bond acceptors (Lipinski definition) is 9. The number of nitrogen functional groups attached to an aromatic ring is 1. The van der Waals surface area contributed by atoms with Crippen molar-refractivity contribution < 1.29 is 28.3 Å².